The van der Waals surface area contributed by atoms with Crippen LogP contribution in [0.4, 0.5) is 13.2 Å². The van der Waals surface area contributed by atoms with Crippen LogP contribution in [0.1, 0.15) is 38.8 Å². The fraction of sp³-hybridized carbons (Fsp3) is 0.550. The van der Waals surface area contributed by atoms with Crippen LogP contribution in [0.2, 0.25) is 5.02 Å². The number of carbonyl (C=O) groups excluding carboxylic acids is 1. The minimum Gasteiger partial charge on any atom is -0.569 e. The Bertz CT molecular complexity index is 931. The number of hydrazine groups is 1. The van der Waals surface area contributed by atoms with E-state index < -0.39 is 36.0 Å². The molecule has 2 rings (SSSR count). The van der Waals surface area contributed by atoms with Gasteiger partial charge in [0.2, 0.25) is 11.4 Å². The van der Waals surface area contributed by atoms with Crippen LogP contribution in [0.25, 0.3) is 6.08 Å². The monoisotopic (exact) mass is 495 g/mol. The molecular formula is C20H25ClF3N3O6. The lowest BCUT2D eigenvalue weighted by Crippen LogP contribution is -2.41. The van der Waals surface area contributed by atoms with E-state index in [9.17, 15) is 23.2 Å². The number of nitrogens with zero attached hydrogens (tertiary/aromatic N) is 3. The Labute approximate surface area is 193 Å². The number of alkyl halides is 3. The SMILES string of the molecule is CCN(CCO)/[N+]([O-])=N/OCOC(=O)C1=Cc2cc(Cl)c(C(C)(C)C)cc2O[C@@H]1C(F)(F)F. The maximum Gasteiger partial charge on any atom is 0.430 e. The number of carbonyl (C=O) groups is 1. The largest absolute Gasteiger partial charge is 0.569 e. The summed E-state index contributed by atoms with van der Waals surface area (Å²) in [7, 11) is 0. The molecule has 184 valence electrons. The van der Waals surface area contributed by atoms with Crippen molar-refractivity contribution in [1.82, 2.24) is 5.01 Å². The lowest BCUT2D eigenvalue weighted by Gasteiger charge is -2.30. The van der Waals surface area contributed by atoms with Gasteiger partial charge in [-0.05, 0) is 36.1 Å². The number of aliphatic hydroxyl groups excluding tert-OH is 1. The molecule has 1 heterocycles. The molecule has 13 heteroatoms. The van der Waals surface area contributed by atoms with Crippen molar-refractivity contribution in [3.8, 4) is 5.75 Å². The van der Waals surface area contributed by atoms with Crippen molar-refractivity contribution < 1.29 is 42.4 Å². The highest BCUT2D eigenvalue weighted by Crippen LogP contribution is 2.42. The number of hydrogen-bond donors (Lipinski definition) is 1. The summed E-state index contributed by atoms with van der Waals surface area (Å²) < 4.78 is 50.7. The number of fused-ring (bicyclic) bond motifs is 1. The van der Waals surface area contributed by atoms with Crippen molar-refractivity contribution in [1.29, 1.82) is 0 Å². The molecule has 0 fully saturated rings. The molecule has 0 aliphatic carbocycles. The van der Waals surface area contributed by atoms with Gasteiger partial charge in [0, 0.05) is 10.6 Å². The second kappa shape index (κ2) is 10.5. The minimum absolute atomic E-state index is 0.0244. The molecule has 1 aromatic rings. The van der Waals surface area contributed by atoms with Gasteiger partial charge in [-0.3, -0.25) is 0 Å². The van der Waals surface area contributed by atoms with Crippen molar-refractivity contribution in [2.24, 2.45) is 5.28 Å². The Morgan fingerprint density at radius 2 is 2.03 bits per heavy atom. The van der Waals surface area contributed by atoms with Crippen LogP contribution in [0.5, 0.6) is 5.75 Å². The summed E-state index contributed by atoms with van der Waals surface area (Å²) in [6.45, 7) is 6.11. The number of rotatable bonds is 8. The van der Waals surface area contributed by atoms with Gasteiger partial charge in [0.05, 0.1) is 30.2 Å². The molecule has 9 nitrogen and oxygen atoms in total. The zero-order chi connectivity index (χ0) is 25.0. The minimum atomic E-state index is -4.91. The van der Waals surface area contributed by atoms with Crippen molar-refractivity contribution in [3.63, 3.8) is 0 Å². The van der Waals surface area contributed by atoms with E-state index in [1.165, 1.54) is 12.1 Å². The van der Waals surface area contributed by atoms with Crippen molar-refractivity contribution >= 4 is 23.6 Å². The van der Waals surface area contributed by atoms with E-state index in [-0.39, 0.29) is 36.0 Å². The van der Waals surface area contributed by atoms with E-state index in [0.717, 1.165) is 11.1 Å². The molecule has 0 amide bonds. The Balaban J connectivity index is 2.23. The van der Waals surface area contributed by atoms with Crippen LogP contribution in [0.3, 0.4) is 0 Å². The third-order valence-corrected chi connectivity index (χ3v) is 4.93. The standard InChI is InChI=1S/C20H25ClF3N3O6/c1-5-26(6-7-28)27(30)25-32-11-31-18(29)13-8-12-9-15(21)14(19(2,3)4)10-16(12)33-17(13)20(22,23)24/h8-10,17,28H,5-7,11H2,1-4H3/b27-25-/t17-/m0/s1. The van der Waals surface area contributed by atoms with E-state index >= 15 is 0 Å². The maximum atomic E-state index is 13.6. The molecule has 0 bridgehead atoms. The van der Waals surface area contributed by atoms with Crippen LogP contribution in [-0.4, -0.2) is 59.8 Å². The fourth-order valence-corrected chi connectivity index (χ4v) is 3.42. The van der Waals surface area contributed by atoms with Gasteiger partial charge in [-0.2, -0.15) is 13.2 Å². The van der Waals surface area contributed by atoms with E-state index in [0.29, 0.717) is 10.6 Å². The number of esters is 1. The number of benzene rings is 1. The Hall–Kier alpha value is -2.73. The Morgan fingerprint density at radius 1 is 1.36 bits per heavy atom. The predicted octanol–water partition coefficient (Wildman–Crippen LogP) is 3.97. The molecule has 1 aromatic carbocycles. The molecule has 0 spiro atoms. The van der Waals surface area contributed by atoms with Crippen LogP contribution in [-0.2, 0) is 19.8 Å². The maximum absolute atomic E-state index is 13.6. The highest BCUT2D eigenvalue weighted by Gasteiger charge is 2.49. The number of likely N-dealkylation sites (N-methyl/N-ethyl adjacent to an activating group) is 1. The average Bonchev–Trinajstić information content (AvgIpc) is 2.71. The average molecular weight is 496 g/mol. The van der Waals surface area contributed by atoms with Gasteiger partial charge in [-0.1, -0.05) is 32.4 Å². The number of halogens is 4. The Kier molecular flexibility index (Phi) is 8.41. The highest BCUT2D eigenvalue weighted by molar-refractivity contribution is 6.31. The predicted molar refractivity (Wildman–Crippen MR) is 111 cm³/mol. The molecular weight excluding hydrogens is 471 g/mol. The van der Waals surface area contributed by atoms with Gasteiger partial charge >= 0.3 is 12.1 Å². The number of ether oxygens (including phenoxy) is 2. The van der Waals surface area contributed by atoms with Crippen molar-refractivity contribution in [2.75, 3.05) is 26.5 Å². The van der Waals surface area contributed by atoms with Crippen LogP contribution in [0.15, 0.2) is 23.0 Å². The molecule has 1 aliphatic heterocycles. The molecule has 1 atom stereocenters. The van der Waals surface area contributed by atoms with Gasteiger partial charge < -0.3 is 24.6 Å². The second-order valence-electron chi connectivity index (χ2n) is 8.04. The molecule has 1 N–H and O–H groups in total. The first-order valence-corrected chi connectivity index (χ1v) is 10.3. The summed E-state index contributed by atoms with van der Waals surface area (Å²) in [4.78, 5) is 16.9. The van der Waals surface area contributed by atoms with Gasteiger partial charge in [-0.15, -0.1) is 5.01 Å². The number of hydrogen-bond acceptors (Lipinski definition) is 7. The van der Waals surface area contributed by atoms with Gasteiger partial charge in [0.1, 0.15) is 5.75 Å². The van der Waals surface area contributed by atoms with Crippen molar-refractivity contribution in [2.45, 2.75) is 45.4 Å². The fourth-order valence-electron chi connectivity index (χ4n) is 2.97. The van der Waals surface area contributed by atoms with E-state index in [1.54, 1.807) is 6.92 Å². The topological polar surface area (TPSA) is 107 Å². The second-order valence-corrected chi connectivity index (χ2v) is 8.45. The highest BCUT2D eigenvalue weighted by atomic mass is 35.5. The lowest BCUT2D eigenvalue weighted by atomic mass is 9.85. The smallest absolute Gasteiger partial charge is 0.430 e. The zero-order valence-electron chi connectivity index (χ0n) is 18.5. The first-order chi connectivity index (χ1) is 15.3. The molecule has 0 aromatic heterocycles. The third-order valence-electron chi connectivity index (χ3n) is 4.61. The van der Waals surface area contributed by atoms with Gasteiger partial charge in [0.25, 0.3) is 6.79 Å². The van der Waals surface area contributed by atoms with Gasteiger partial charge in [0.15, 0.2) is 0 Å². The van der Waals surface area contributed by atoms with E-state index in [1.807, 2.05) is 20.8 Å². The summed E-state index contributed by atoms with van der Waals surface area (Å²) in [6.07, 6.45) is -6.48. The molecule has 33 heavy (non-hydrogen) atoms. The number of aliphatic hydroxyl groups is 1. The van der Waals surface area contributed by atoms with Crippen LogP contribution < -0.4 is 4.74 Å². The quantitative estimate of drug-likeness (QED) is 0.145. The zero-order valence-corrected chi connectivity index (χ0v) is 19.2. The molecule has 1 aliphatic rings. The summed E-state index contributed by atoms with van der Waals surface area (Å²) in [5, 5.41) is 25.0. The summed E-state index contributed by atoms with van der Waals surface area (Å²) in [5.74, 6) is -1.44. The first kappa shape index (κ1) is 26.5. The molecule has 0 saturated carbocycles. The molecule has 0 unspecified atom stereocenters. The normalized spacial score (nSPS) is 16.5. The molecule has 0 saturated heterocycles. The first-order valence-electron chi connectivity index (χ1n) is 9.91. The van der Waals surface area contributed by atoms with E-state index in [4.69, 9.17) is 21.4 Å². The molecule has 0 radical (unpaired) electrons. The summed E-state index contributed by atoms with van der Waals surface area (Å²) in [6, 6.07) is 2.84. The van der Waals surface area contributed by atoms with Crippen LogP contribution in [0, 0.1) is 5.21 Å². The Morgan fingerprint density at radius 3 is 2.58 bits per heavy atom. The van der Waals surface area contributed by atoms with E-state index in [2.05, 4.69) is 14.9 Å². The van der Waals surface area contributed by atoms with Crippen molar-refractivity contribution in [3.05, 3.63) is 39.1 Å². The third kappa shape index (κ3) is 6.64. The summed E-state index contributed by atoms with van der Waals surface area (Å²) in [5.41, 5.74) is -0.498. The van der Waals surface area contributed by atoms with Crippen LogP contribution >= 0.6 is 11.6 Å². The van der Waals surface area contributed by atoms with Gasteiger partial charge in [-0.25, -0.2) is 4.79 Å². The summed E-state index contributed by atoms with van der Waals surface area (Å²) >= 11 is 6.28. The lowest BCUT2D eigenvalue weighted by molar-refractivity contribution is -0.711.